The van der Waals surface area contributed by atoms with Crippen LogP contribution in [-0.4, -0.2) is 21.6 Å². The minimum atomic E-state index is -0.554. The van der Waals surface area contributed by atoms with E-state index in [1.54, 1.807) is 12.1 Å². The highest BCUT2D eigenvalue weighted by atomic mass is 35.5. The number of carbonyl (C=O) groups is 1. The first-order valence-corrected chi connectivity index (χ1v) is 7.61. The molecule has 2 aromatic heterocycles. The second-order valence-electron chi connectivity index (χ2n) is 5.16. The van der Waals surface area contributed by atoms with E-state index in [1.165, 1.54) is 30.9 Å². The van der Waals surface area contributed by atoms with Gasteiger partial charge in [0.25, 0.3) is 5.91 Å². The second-order valence-corrected chi connectivity index (χ2v) is 5.57. The van der Waals surface area contributed by atoms with E-state index < -0.39 is 5.91 Å². The first kappa shape index (κ1) is 17.1. The van der Waals surface area contributed by atoms with Gasteiger partial charge in [-0.15, -0.1) is 0 Å². The Morgan fingerprint density at radius 2 is 2.15 bits per heavy atom. The van der Waals surface area contributed by atoms with E-state index in [-0.39, 0.29) is 27.8 Å². The molecular formula is C17H11ClN6O2. The van der Waals surface area contributed by atoms with Gasteiger partial charge < -0.3 is 15.5 Å². The molecule has 0 bridgehead atoms. The summed E-state index contributed by atoms with van der Waals surface area (Å²) in [5, 5.41) is 19.7. The Balaban J connectivity index is 1.87. The van der Waals surface area contributed by atoms with Crippen LogP contribution >= 0.6 is 11.6 Å². The third kappa shape index (κ3) is 3.38. The van der Waals surface area contributed by atoms with Gasteiger partial charge in [-0.2, -0.15) is 5.26 Å². The lowest BCUT2D eigenvalue weighted by Gasteiger charge is -2.10. The Kier molecular flexibility index (Phi) is 4.64. The molecule has 9 heteroatoms. The number of nitriles is 1. The van der Waals surface area contributed by atoms with E-state index in [0.29, 0.717) is 16.9 Å². The maximum Gasteiger partial charge on any atom is 0.275 e. The molecular weight excluding hydrogens is 356 g/mol. The van der Waals surface area contributed by atoms with Gasteiger partial charge in [0, 0.05) is 23.1 Å². The van der Waals surface area contributed by atoms with Crippen molar-refractivity contribution in [2.24, 2.45) is 0 Å². The summed E-state index contributed by atoms with van der Waals surface area (Å²) in [5.41, 5.74) is 7.29. The van der Waals surface area contributed by atoms with Crippen molar-refractivity contribution in [3.05, 3.63) is 70.7 Å². The molecule has 0 fully saturated rings. The number of carbonyl (C=O) groups excluding carboxylic acids is 1. The van der Waals surface area contributed by atoms with Crippen LogP contribution < -0.4 is 11.1 Å². The molecule has 1 amide bonds. The van der Waals surface area contributed by atoms with Crippen LogP contribution in [0.25, 0.3) is 0 Å². The van der Waals surface area contributed by atoms with Gasteiger partial charge in [0.15, 0.2) is 12.2 Å². The molecule has 0 spiro atoms. The van der Waals surface area contributed by atoms with Gasteiger partial charge in [-0.1, -0.05) is 11.6 Å². The van der Waals surface area contributed by atoms with Crippen LogP contribution in [0, 0.1) is 16.7 Å². The zero-order chi connectivity index (χ0) is 18.7. The molecule has 0 saturated carbocycles. The van der Waals surface area contributed by atoms with Crippen LogP contribution in [0.5, 0.6) is 0 Å². The summed E-state index contributed by atoms with van der Waals surface area (Å²) in [6.07, 6.45) is 3.87. The highest BCUT2D eigenvalue weighted by Crippen LogP contribution is 2.22. The van der Waals surface area contributed by atoms with Gasteiger partial charge >= 0.3 is 0 Å². The number of amides is 1. The average Bonchev–Trinajstić information content (AvgIpc) is 3.17. The SMILES string of the molecule is N#Cc1cnc(C(=O)Nc2ccc(N)c(C(=N)c3cnco3)c2)c(Cl)c1. The Morgan fingerprint density at radius 1 is 1.35 bits per heavy atom. The van der Waals surface area contributed by atoms with Crippen molar-refractivity contribution in [3.63, 3.8) is 0 Å². The zero-order valence-corrected chi connectivity index (χ0v) is 13.9. The first-order valence-electron chi connectivity index (χ1n) is 7.24. The lowest BCUT2D eigenvalue weighted by Crippen LogP contribution is -2.15. The van der Waals surface area contributed by atoms with Crippen LogP contribution in [0.4, 0.5) is 11.4 Å². The lowest BCUT2D eigenvalue weighted by atomic mass is 10.1. The summed E-state index contributed by atoms with van der Waals surface area (Å²) in [6.45, 7) is 0. The van der Waals surface area contributed by atoms with Crippen molar-refractivity contribution in [2.45, 2.75) is 0 Å². The first-order chi connectivity index (χ1) is 12.5. The fourth-order valence-electron chi connectivity index (χ4n) is 2.18. The zero-order valence-electron chi connectivity index (χ0n) is 13.2. The topological polar surface area (TPSA) is 142 Å². The van der Waals surface area contributed by atoms with Crippen LogP contribution in [0.1, 0.15) is 27.4 Å². The number of nitrogens with one attached hydrogen (secondary N) is 2. The standard InChI is InChI=1S/C17H11ClN6O2/c18-12-3-9(5-19)6-23-16(12)17(25)24-10-1-2-13(20)11(4-10)15(21)14-7-22-8-26-14/h1-4,6-8,21H,20H2,(H,24,25). The normalized spacial score (nSPS) is 10.2. The number of pyridine rings is 1. The average molecular weight is 367 g/mol. The van der Waals surface area contributed by atoms with Gasteiger partial charge in [-0.3, -0.25) is 10.2 Å². The predicted octanol–water partition coefficient (Wildman–Crippen LogP) is 2.85. The number of halogens is 1. The van der Waals surface area contributed by atoms with Crippen LogP contribution in [0.15, 0.2) is 47.5 Å². The molecule has 3 rings (SSSR count). The second kappa shape index (κ2) is 7.04. The highest BCUT2D eigenvalue weighted by molar-refractivity contribution is 6.34. The van der Waals surface area contributed by atoms with E-state index in [1.807, 2.05) is 6.07 Å². The molecule has 0 atom stereocenters. The van der Waals surface area contributed by atoms with Gasteiger partial charge in [0.05, 0.1) is 16.8 Å². The van der Waals surface area contributed by atoms with Crippen LogP contribution in [-0.2, 0) is 0 Å². The van der Waals surface area contributed by atoms with Gasteiger partial charge in [-0.05, 0) is 24.3 Å². The number of hydrogen-bond donors (Lipinski definition) is 3. The molecule has 0 unspecified atom stereocenters. The summed E-state index contributed by atoms with van der Waals surface area (Å²) in [4.78, 5) is 20.0. The fourth-order valence-corrected chi connectivity index (χ4v) is 2.43. The van der Waals surface area contributed by atoms with Crippen LogP contribution in [0.3, 0.4) is 0 Å². The molecule has 3 aromatic rings. The number of oxazole rings is 1. The monoisotopic (exact) mass is 366 g/mol. The smallest absolute Gasteiger partial charge is 0.275 e. The molecule has 1 aromatic carbocycles. The number of aromatic nitrogens is 2. The fraction of sp³-hybridized carbons (Fsp3) is 0. The Morgan fingerprint density at radius 3 is 2.81 bits per heavy atom. The predicted molar refractivity (Wildman–Crippen MR) is 95.2 cm³/mol. The number of rotatable bonds is 4. The number of anilines is 2. The van der Waals surface area contributed by atoms with Crippen molar-refractivity contribution in [3.8, 4) is 6.07 Å². The molecule has 0 aliphatic carbocycles. The number of nitrogens with zero attached hydrogens (tertiary/aromatic N) is 3. The maximum atomic E-state index is 12.4. The van der Waals surface area contributed by atoms with Gasteiger partial charge in [0.2, 0.25) is 0 Å². The lowest BCUT2D eigenvalue weighted by molar-refractivity contribution is 0.102. The highest BCUT2D eigenvalue weighted by Gasteiger charge is 2.16. The van der Waals surface area contributed by atoms with Gasteiger partial charge in [0.1, 0.15) is 17.5 Å². The summed E-state index contributed by atoms with van der Waals surface area (Å²) < 4.78 is 5.10. The largest absolute Gasteiger partial charge is 0.442 e. The van der Waals surface area contributed by atoms with Gasteiger partial charge in [-0.25, -0.2) is 9.97 Å². The Labute approximate surface area is 152 Å². The third-order valence-electron chi connectivity index (χ3n) is 3.44. The molecule has 8 nitrogen and oxygen atoms in total. The molecule has 0 radical (unpaired) electrons. The molecule has 0 saturated heterocycles. The molecule has 0 aliphatic heterocycles. The van der Waals surface area contributed by atoms with Crippen molar-refractivity contribution in [1.82, 2.24) is 9.97 Å². The van der Waals surface area contributed by atoms with E-state index >= 15 is 0 Å². The number of nitrogens with two attached hydrogens (primary N) is 1. The quantitative estimate of drug-likeness (QED) is 0.478. The third-order valence-corrected chi connectivity index (χ3v) is 3.73. The van der Waals surface area contributed by atoms with E-state index in [0.717, 1.165) is 0 Å². The summed E-state index contributed by atoms with van der Waals surface area (Å²) in [7, 11) is 0. The Bertz CT molecular complexity index is 1040. The summed E-state index contributed by atoms with van der Waals surface area (Å²) >= 11 is 6.00. The van der Waals surface area contributed by atoms with Crippen molar-refractivity contribution >= 4 is 34.6 Å². The summed E-state index contributed by atoms with van der Waals surface area (Å²) in [5.74, 6) is -0.307. The minimum absolute atomic E-state index is 0.0191. The van der Waals surface area contributed by atoms with E-state index in [4.69, 9.17) is 32.4 Å². The van der Waals surface area contributed by atoms with Crippen molar-refractivity contribution < 1.29 is 9.21 Å². The van der Waals surface area contributed by atoms with Crippen molar-refractivity contribution in [2.75, 3.05) is 11.1 Å². The maximum absolute atomic E-state index is 12.4. The molecule has 26 heavy (non-hydrogen) atoms. The van der Waals surface area contributed by atoms with E-state index in [2.05, 4.69) is 15.3 Å². The number of nitrogen functional groups attached to an aromatic ring is 1. The van der Waals surface area contributed by atoms with E-state index in [9.17, 15) is 4.79 Å². The number of benzene rings is 1. The molecule has 2 heterocycles. The molecule has 128 valence electrons. The minimum Gasteiger partial charge on any atom is -0.442 e. The molecule has 0 aliphatic rings. The van der Waals surface area contributed by atoms with Crippen LogP contribution in [0.2, 0.25) is 5.02 Å². The van der Waals surface area contributed by atoms with Crippen molar-refractivity contribution in [1.29, 1.82) is 10.7 Å². The molecule has 4 N–H and O–H groups in total. The number of hydrogen-bond acceptors (Lipinski definition) is 7. The Hall–Kier alpha value is -3.70. The summed E-state index contributed by atoms with van der Waals surface area (Å²) in [6, 6.07) is 7.93.